The fraction of sp³-hybridized carbons (Fsp3) is 0.522. The van der Waals surface area contributed by atoms with Gasteiger partial charge < -0.3 is 5.32 Å². The number of aryl methyl sites for hydroxylation is 2. The van der Waals surface area contributed by atoms with Gasteiger partial charge in [-0.15, -0.1) is 0 Å². The Morgan fingerprint density at radius 3 is 2.55 bits per heavy atom. The molecule has 0 spiro atoms. The third kappa shape index (κ3) is 6.90. The van der Waals surface area contributed by atoms with Crippen LogP contribution in [0.3, 0.4) is 0 Å². The summed E-state index contributed by atoms with van der Waals surface area (Å²) in [6.45, 7) is 8.93. The summed E-state index contributed by atoms with van der Waals surface area (Å²) in [6.07, 6.45) is 3.43. The molecule has 0 saturated heterocycles. The van der Waals surface area contributed by atoms with Crippen LogP contribution in [0.4, 0.5) is 0 Å². The zero-order valence-electron chi connectivity index (χ0n) is 17.8. The van der Waals surface area contributed by atoms with E-state index < -0.39 is 0 Å². The van der Waals surface area contributed by atoms with Gasteiger partial charge in [-0.2, -0.15) is 10.4 Å². The molecule has 0 saturated carbocycles. The number of nitrogens with zero attached hydrogens (tertiary/aromatic N) is 3. The highest BCUT2D eigenvalue weighted by Crippen LogP contribution is 2.23. The van der Waals surface area contributed by atoms with Gasteiger partial charge in [0.25, 0.3) is 0 Å². The third-order valence-corrected chi connectivity index (χ3v) is 5.46. The van der Waals surface area contributed by atoms with E-state index in [1.54, 1.807) is 0 Å². The van der Waals surface area contributed by atoms with Crippen molar-refractivity contribution in [3.63, 3.8) is 0 Å². The number of nitriles is 1. The Bertz CT molecular complexity index is 849. The summed E-state index contributed by atoms with van der Waals surface area (Å²) in [6, 6.07) is 9.85. The summed E-state index contributed by atoms with van der Waals surface area (Å²) in [4.78, 5) is 12.7. The molecule has 6 heteroatoms. The zero-order chi connectivity index (χ0) is 21.4. The molecular weight excluding hydrogens is 384 g/mol. The van der Waals surface area contributed by atoms with Crippen LogP contribution in [0.2, 0.25) is 5.02 Å². The number of benzene rings is 1. The number of rotatable bonds is 10. The molecule has 0 aliphatic carbocycles. The number of hydrogen-bond acceptors (Lipinski definition) is 3. The number of carbonyl (C=O) groups excluding carboxylic acids is 1. The van der Waals surface area contributed by atoms with Gasteiger partial charge in [-0.3, -0.25) is 9.48 Å². The molecule has 1 heterocycles. The van der Waals surface area contributed by atoms with Crippen molar-refractivity contribution in [2.24, 2.45) is 5.92 Å². The SMILES string of the molecule is Cc1nn(CCC#N)c(C)c1CCC(=O)NC(CCC(C)C)c1ccc(Cl)cc1. The minimum atomic E-state index is -0.0114. The second-order valence-electron chi connectivity index (χ2n) is 7.92. The highest BCUT2D eigenvalue weighted by molar-refractivity contribution is 6.30. The van der Waals surface area contributed by atoms with E-state index in [-0.39, 0.29) is 11.9 Å². The lowest BCUT2D eigenvalue weighted by Gasteiger charge is -2.20. The Balaban J connectivity index is 2.02. The van der Waals surface area contributed by atoms with Crippen molar-refractivity contribution < 1.29 is 4.79 Å². The van der Waals surface area contributed by atoms with E-state index in [0.717, 1.165) is 35.4 Å². The average Bonchev–Trinajstić information content (AvgIpc) is 2.95. The van der Waals surface area contributed by atoms with E-state index in [0.29, 0.717) is 36.7 Å². The first kappa shape index (κ1) is 23.0. The molecule has 29 heavy (non-hydrogen) atoms. The summed E-state index contributed by atoms with van der Waals surface area (Å²) in [7, 11) is 0. The van der Waals surface area contributed by atoms with Crippen molar-refractivity contribution >= 4 is 17.5 Å². The first-order valence-electron chi connectivity index (χ1n) is 10.3. The van der Waals surface area contributed by atoms with Gasteiger partial charge in [0.2, 0.25) is 5.91 Å². The van der Waals surface area contributed by atoms with E-state index in [1.807, 2.05) is 42.8 Å². The van der Waals surface area contributed by atoms with Gasteiger partial charge in [0, 0.05) is 17.1 Å². The van der Waals surface area contributed by atoms with Crippen LogP contribution in [0.15, 0.2) is 24.3 Å². The van der Waals surface area contributed by atoms with Gasteiger partial charge in [-0.25, -0.2) is 0 Å². The van der Waals surface area contributed by atoms with Crippen molar-refractivity contribution in [1.29, 1.82) is 5.26 Å². The number of aromatic nitrogens is 2. The van der Waals surface area contributed by atoms with Gasteiger partial charge >= 0.3 is 0 Å². The first-order valence-corrected chi connectivity index (χ1v) is 10.6. The molecule has 1 N–H and O–H groups in total. The van der Waals surface area contributed by atoms with Crippen LogP contribution in [0.5, 0.6) is 0 Å². The highest BCUT2D eigenvalue weighted by Gasteiger charge is 2.17. The maximum Gasteiger partial charge on any atom is 0.220 e. The largest absolute Gasteiger partial charge is 0.349 e. The predicted molar refractivity (Wildman–Crippen MR) is 117 cm³/mol. The van der Waals surface area contributed by atoms with Crippen LogP contribution in [-0.4, -0.2) is 15.7 Å². The van der Waals surface area contributed by atoms with Gasteiger partial charge in [0.1, 0.15) is 0 Å². The monoisotopic (exact) mass is 414 g/mol. The van der Waals surface area contributed by atoms with Crippen molar-refractivity contribution in [1.82, 2.24) is 15.1 Å². The summed E-state index contributed by atoms with van der Waals surface area (Å²) in [5.74, 6) is 0.614. The lowest BCUT2D eigenvalue weighted by atomic mass is 9.97. The smallest absolute Gasteiger partial charge is 0.220 e. The molecule has 1 unspecified atom stereocenters. The van der Waals surface area contributed by atoms with Crippen LogP contribution in [-0.2, 0) is 17.8 Å². The predicted octanol–water partition coefficient (Wildman–Crippen LogP) is 5.29. The van der Waals surface area contributed by atoms with Crippen molar-refractivity contribution in [2.45, 2.75) is 72.4 Å². The quantitative estimate of drug-likeness (QED) is 0.573. The minimum Gasteiger partial charge on any atom is -0.349 e. The minimum absolute atomic E-state index is 0.0114. The van der Waals surface area contributed by atoms with Gasteiger partial charge in [0.15, 0.2) is 0 Å². The van der Waals surface area contributed by atoms with E-state index in [4.69, 9.17) is 16.9 Å². The van der Waals surface area contributed by atoms with Gasteiger partial charge in [-0.1, -0.05) is 37.6 Å². The molecule has 2 aromatic rings. The highest BCUT2D eigenvalue weighted by atomic mass is 35.5. The van der Waals surface area contributed by atoms with Crippen molar-refractivity contribution in [2.75, 3.05) is 0 Å². The standard InChI is InChI=1S/C23H31ClN4O/c1-16(2)6-12-22(19-7-9-20(24)10-8-19)26-23(29)13-11-21-17(3)27-28(18(21)4)15-5-14-25/h7-10,16,22H,5-6,11-13,15H2,1-4H3,(H,26,29). The fourth-order valence-corrected chi connectivity index (χ4v) is 3.62. The van der Waals surface area contributed by atoms with Crippen LogP contribution >= 0.6 is 11.6 Å². The third-order valence-electron chi connectivity index (χ3n) is 5.21. The van der Waals surface area contributed by atoms with Crippen LogP contribution in [0, 0.1) is 31.1 Å². The molecule has 0 radical (unpaired) electrons. The van der Waals surface area contributed by atoms with Crippen LogP contribution in [0.25, 0.3) is 0 Å². The number of carbonyl (C=O) groups is 1. The fourth-order valence-electron chi connectivity index (χ4n) is 3.49. The second kappa shape index (κ2) is 11.0. The van der Waals surface area contributed by atoms with Gasteiger partial charge in [0.05, 0.1) is 30.8 Å². The molecular formula is C23H31ClN4O. The van der Waals surface area contributed by atoms with E-state index in [9.17, 15) is 4.79 Å². The molecule has 2 rings (SSSR count). The summed E-state index contributed by atoms with van der Waals surface area (Å²) < 4.78 is 1.87. The summed E-state index contributed by atoms with van der Waals surface area (Å²) >= 11 is 6.02. The number of nitrogens with one attached hydrogen (secondary N) is 1. The topological polar surface area (TPSA) is 70.7 Å². The molecule has 0 aliphatic heterocycles. The van der Waals surface area contributed by atoms with Crippen molar-refractivity contribution in [3.05, 3.63) is 51.8 Å². The maximum absolute atomic E-state index is 12.7. The van der Waals surface area contributed by atoms with Crippen LogP contribution < -0.4 is 5.32 Å². The van der Waals surface area contributed by atoms with E-state index in [1.165, 1.54) is 0 Å². The molecule has 1 atom stereocenters. The second-order valence-corrected chi connectivity index (χ2v) is 8.36. The lowest BCUT2D eigenvalue weighted by molar-refractivity contribution is -0.121. The molecule has 0 aliphatic rings. The van der Waals surface area contributed by atoms with Crippen molar-refractivity contribution in [3.8, 4) is 6.07 Å². The number of hydrogen-bond donors (Lipinski definition) is 1. The average molecular weight is 415 g/mol. The molecule has 0 bridgehead atoms. The molecule has 156 valence electrons. The molecule has 1 amide bonds. The lowest BCUT2D eigenvalue weighted by Crippen LogP contribution is -2.29. The van der Waals surface area contributed by atoms with E-state index >= 15 is 0 Å². The normalized spacial score (nSPS) is 12.0. The Morgan fingerprint density at radius 2 is 1.93 bits per heavy atom. The van der Waals surface area contributed by atoms with Gasteiger partial charge in [-0.05, 0) is 62.3 Å². The van der Waals surface area contributed by atoms with Crippen LogP contribution in [0.1, 0.15) is 68.1 Å². The molecule has 0 fully saturated rings. The Morgan fingerprint density at radius 1 is 1.24 bits per heavy atom. The molecule has 1 aromatic heterocycles. The Kier molecular flexibility index (Phi) is 8.72. The summed E-state index contributed by atoms with van der Waals surface area (Å²) in [5.41, 5.74) is 4.16. The molecule has 1 aromatic carbocycles. The Hall–Kier alpha value is -2.32. The molecule has 5 nitrogen and oxygen atoms in total. The van der Waals surface area contributed by atoms with E-state index in [2.05, 4.69) is 30.3 Å². The number of amides is 1. The Labute approximate surface area is 179 Å². The number of halogens is 1. The summed E-state index contributed by atoms with van der Waals surface area (Å²) in [5, 5.41) is 17.2. The maximum atomic E-state index is 12.7. The first-order chi connectivity index (χ1) is 13.8. The zero-order valence-corrected chi connectivity index (χ0v) is 18.6.